The number of furan rings is 1. The van der Waals surface area contributed by atoms with Gasteiger partial charge in [0.25, 0.3) is 5.91 Å². The molecule has 0 aliphatic carbocycles. The average molecular weight is 476 g/mol. The lowest BCUT2D eigenvalue weighted by molar-refractivity contribution is -0.129. The molecule has 1 unspecified atom stereocenters. The van der Waals surface area contributed by atoms with Crippen molar-refractivity contribution in [2.24, 2.45) is 0 Å². The van der Waals surface area contributed by atoms with Crippen LogP contribution in [0.2, 0.25) is 0 Å². The fourth-order valence-electron chi connectivity index (χ4n) is 3.45. The molecule has 2 heterocycles. The third kappa shape index (κ3) is 5.35. The molecule has 0 saturated heterocycles. The van der Waals surface area contributed by atoms with Gasteiger partial charge in [0.15, 0.2) is 23.3 Å². The van der Waals surface area contributed by atoms with Crippen LogP contribution in [-0.4, -0.2) is 42.0 Å². The van der Waals surface area contributed by atoms with E-state index in [1.165, 1.54) is 20.3 Å². The molecule has 0 radical (unpaired) electrons. The number of benzene rings is 2. The number of ether oxygens (including phenoxy) is 3. The summed E-state index contributed by atoms with van der Waals surface area (Å²) in [6.45, 7) is 1.69. The van der Waals surface area contributed by atoms with Crippen molar-refractivity contribution < 1.29 is 28.2 Å². The summed E-state index contributed by atoms with van der Waals surface area (Å²) < 4.78 is 23.0. The van der Waals surface area contributed by atoms with E-state index >= 15 is 0 Å². The highest BCUT2D eigenvalue weighted by atomic mass is 16.5. The molecular weight excluding hydrogens is 450 g/mol. The quantitative estimate of drug-likeness (QED) is 0.365. The molecule has 0 aliphatic heterocycles. The van der Waals surface area contributed by atoms with E-state index in [0.29, 0.717) is 28.4 Å². The molecule has 9 nitrogen and oxygen atoms in total. The standard InChI is InChI=1S/C26H25N3O6/c1-17(25(30)27-15-20-10-7-13-34-20)35-26(31)24-21(16-29(28-24)19-8-5-4-6-9-19)18-11-12-22(32-2)23(14-18)33-3/h4-14,16-17H,15H2,1-3H3,(H,27,30). The number of amides is 1. The van der Waals surface area contributed by atoms with E-state index in [1.807, 2.05) is 30.3 Å². The Balaban J connectivity index is 1.61. The molecule has 2 aromatic heterocycles. The summed E-state index contributed by atoms with van der Waals surface area (Å²) >= 11 is 0. The monoisotopic (exact) mass is 475 g/mol. The molecule has 180 valence electrons. The zero-order valence-corrected chi connectivity index (χ0v) is 19.6. The van der Waals surface area contributed by atoms with Gasteiger partial charge in [-0.05, 0) is 48.9 Å². The van der Waals surface area contributed by atoms with Gasteiger partial charge in [0, 0.05) is 11.8 Å². The van der Waals surface area contributed by atoms with Gasteiger partial charge in [-0.15, -0.1) is 0 Å². The van der Waals surface area contributed by atoms with E-state index in [4.69, 9.17) is 18.6 Å². The van der Waals surface area contributed by atoms with Crippen LogP contribution >= 0.6 is 0 Å². The third-order valence-electron chi connectivity index (χ3n) is 5.29. The molecule has 2 aromatic carbocycles. The molecule has 1 amide bonds. The van der Waals surface area contributed by atoms with Crippen molar-refractivity contribution in [1.29, 1.82) is 0 Å². The second kappa shape index (κ2) is 10.6. The Morgan fingerprint density at radius 1 is 1.03 bits per heavy atom. The summed E-state index contributed by atoms with van der Waals surface area (Å²) in [5, 5.41) is 7.16. The summed E-state index contributed by atoms with van der Waals surface area (Å²) in [4.78, 5) is 25.6. The largest absolute Gasteiger partial charge is 0.493 e. The number of aromatic nitrogens is 2. The minimum atomic E-state index is -1.04. The van der Waals surface area contributed by atoms with Crippen LogP contribution in [0.3, 0.4) is 0 Å². The molecule has 1 N–H and O–H groups in total. The van der Waals surface area contributed by atoms with Gasteiger partial charge in [0.1, 0.15) is 5.76 Å². The number of carbonyl (C=O) groups is 2. The summed E-state index contributed by atoms with van der Waals surface area (Å²) in [6.07, 6.45) is 2.20. The number of rotatable bonds is 9. The lowest BCUT2D eigenvalue weighted by Crippen LogP contribution is -2.35. The Kier molecular flexibility index (Phi) is 7.15. The highest BCUT2D eigenvalue weighted by Gasteiger charge is 2.25. The van der Waals surface area contributed by atoms with Gasteiger partial charge in [-0.25, -0.2) is 9.48 Å². The third-order valence-corrected chi connectivity index (χ3v) is 5.29. The van der Waals surface area contributed by atoms with Crippen molar-refractivity contribution in [3.8, 4) is 28.3 Å². The first-order valence-electron chi connectivity index (χ1n) is 10.9. The Hall–Kier alpha value is -4.53. The fourth-order valence-corrected chi connectivity index (χ4v) is 3.45. The Labute approximate surface area is 202 Å². The molecule has 4 rings (SSSR count). The van der Waals surface area contributed by atoms with Crippen LogP contribution < -0.4 is 14.8 Å². The van der Waals surface area contributed by atoms with Crippen molar-refractivity contribution >= 4 is 11.9 Å². The molecule has 9 heteroatoms. The van der Waals surface area contributed by atoms with Crippen molar-refractivity contribution in [1.82, 2.24) is 15.1 Å². The molecular formula is C26H25N3O6. The fraction of sp³-hybridized carbons (Fsp3) is 0.192. The lowest BCUT2D eigenvalue weighted by atomic mass is 10.1. The van der Waals surface area contributed by atoms with Crippen LogP contribution in [0.1, 0.15) is 23.2 Å². The van der Waals surface area contributed by atoms with E-state index in [0.717, 1.165) is 5.69 Å². The average Bonchev–Trinajstić information content (AvgIpc) is 3.58. The number of hydrogen-bond donors (Lipinski definition) is 1. The van der Waals surface area contributed by atoms with Crippen LogP contribution in [0.4, 0.5) is 0 Å². The number of nitrogens with one attached hydrogen (secondary N) is 1. The summed E-state index contributed by atoms with van der Waals surface area (Å²) in [5.41, 5.74) is 2.01. The maximum Gasteiger partial charge on any atom is 0.360 e. The summed E-state index contributed by atoms with van der Waals surface area (Å²) in [6, 6.07) is 18.1. The van der Waals surface area contributed by atoms with Gasteiger partial charge in [-0.3, -0.25) is 4.79 Å². The predicted octanol–water partition coefficient (Wildman–Crippen LogP) is 4.01. The molecule has 1 atom stereocenters. The number of methoxy groups -OCH3 is 2. The Morgan fingerprint density at radius 2 is 1.80 bits per heavy atom. The summed E-state index contributed by atoms with van der Waals surface area (Å²) in [7, 11) is 3.08. The normalized spacial score (nSPS) is 11.5. The second-order valence-electron chi connectivity index (χ2n) is 7.59. The summed E-state index contributed by atoms with van der Waals surface area (Å²) in [5.74, 6) is 0.462. The number of nitrogens with zero attached hydrogens (tertiary/aromatic N) is 2. The zero-order valence-electron chi connectivity index (χ0n) is 19.6. The number of hydrogen-bond acceptors (Lipinski definition) is 7. The highest BCUT2D eigenvalue weighted by Crippen LogP contribution is 2.34. The smallest absolute Gasteiger partial charge is 0.360 e. The van der Waals surface area contributed by atoms with Crippen molar-refractivity contribution in [3.63, 3.8) is 0 Å². The number of para-hydroxylation sites is 1. The van der Waals surface area contributed by atoms with Gasteiger partial charge in [-0.2, -0.15) is 5.10 Å². The van der Waals surface area contributed by atoms with E-state index in [1.54, 1.807) is 48.3 Å². The van der Waals surface area contributed by atoms with E-state index < -0.39 is 18.0 Å². The topological polar surface area (TPSA) is 105 Å². The molecule has 0 fully saturated rings. The maximum absolute atomic E-state index is 13.2. The van der Waals surface area contributed by atoms with E-state index in [9.17, 15) is 9.59 Å². The maximum atomic E-state index is 13.2. The van der Waals surface area contributed by atoms with Crippen LogP contribution in [0.5, 0.6) is 11.5 Å². The first-order valence-corrected chi connectivity index (χ1v) is 10.9. The number of carbonyl (C=O) groups excluding carboxylic acids is 2. The number of esters is 1. The van der Waals surface area contributed by atoms with Gasteiger partial charge in [0.05, 0.1) is 32.7 Å². The van der Waals surface area contributed by atoms with E-state index in [2.05, 4.69) is 10.4 Å². The highest BCUT2D eigenvalue weighted by molar-refractivity contribution is 5.97. The predicted molar refractivity (Wildman–Crippen MR) is 128 cm³/mol. The lowest BCUT2D eigenvalue weighted by Gasteiger charge is -2.13. The van der Waals surface area contributed by atoms with Gasteiger partial charge in [0.2, 0.25) is 0 Å². The molecule has 0 saturated carbocycles. The molecule has 0 bridgehead atoms. The molecule has 4 aromatic rings. The van der Waals surface area contributed by atoms with E-state index in [-0.39, 0.29) is 12.2 Å². The van der Waals surface area contributed by atoms with Gasteiger partial charge >= 0.3 is 5.97 Å². The van der Waals surface area contributed by atoms with Gasteiger partial charge < -0.3 is 23.9 Å². The molecule has 0 spiro atoms. The van der Waals surface area contributed by atoms with Crippen LogP contribution in [0.15, 0.2) is 77.5 Å². The first kappa shape index (κ1) is 23.6. The van der Waals surface area contributed by atoms with Crippen LogP contribution in [0.25, 0.3) is 16.8 Å². The van der Waals surface area contributed by atoms with Crippen LogP contribution in [0, 0.1) is 0 Å². The van der Waals surface area contributed by atoms with Crippen molar-refractivity contribution in [2.45, 2.75) is 19.6 Å². The zero-order chi connectivity index (χ0) is 24.8. The van der Waals surface area contributed by atoms with Crippen molar-refractivity contribution in [2.75, 3.05) is 14.2 Å². The minimum absolute atomic E-state index is 0.0618. The second-order valence-corrected chi connectivity index (χ2v) is 7.59. The minimum Gasteiger partial charge on any atom is -0.493 e. The molecule has 35 heavy (non-hydrogen) atoms. The SMILES string of the molecule is COc1ccc(-c2cn(-c3ccccc3)nc2C(=O)OC(C)C(=O)NCc2ccco2)cc1OC. The Morgan fingerprint density at radius 3 is 2.49 bits per heavy atom. The first-order chi connectivity index (χ1) is 17.0. The van der Waals surface area contributed by atoms with Crippen LogP contribution in [-0.2, 0) is 16.1 Å². The Bertz CT molecular complexity index is 1300. The molecule has 0 aliphatic rings. The van der Waals surface area contributed by atoms with Crippen molar-refractivity contribution in [3.05, 3.63) is 84.6 Å². The van der Waals surface area contributed by atoms with Gasteiger partial charge in [-0.1, -0.05) is 24.3 Å².